The molecule has 3 heterocycles. The van der Waals surface area contributed by atoms with Crippen LogP contribution < -0.4 is 10.2 Å². The second-order valence-electron chi connectivity index (χ2n) is 7.40. The highest BCUT2D eigenvalue weighted by Gasteiger charge is 2.32. The number of fused-ring (bicyclic) bond motifs is 1. The third kappa shape index (κ3) is 3.52. The number of likely N-dealkylation sites (N-methyl/N-ethyl adjacent to an activating group) is 1. The van der Waals surface area contributed by atoms with E-state index in [1.54, 1.807) is 18.3 Å². The Morgan fingerprint density at radius 3 is 2.86 bits per heavy atom. The molecule has 1 saturated heterocycles. The Bertz CT molecular complexity index is 970. The fourth-order valence-electron chi connectivity index (χ4n) is 3.91. The lowest BCUT2D eigenvalue weighted by Gasteiger charge is -2.42. The van der Waals surface area contributed by atoms with Gasteiger partial charge in [0.2, 0.25) is 0 Å². The first-order valence-corrected chi connectivity index (χ1v) is 9.49. The number of hydrogen-bond acceptors (Lipinski definition) is 3. The second-order valence-corrected chi connectivity index (χ2v) is 7.40. The van der Waals surface area contributed by atoms with Gasteiger partial charge >= 0.3 is 6.03 Å². The summed E-state index contributed by atoms with van der Waals surface area (Å²) in [5.41, 5.74) is 2.56. The van der Waals surface area contributed by atoms with Gasteiger partial charge in [0.05, 0.1) is 0 Å². The fraction of sp³-hybridized carbons (Fsp3) is 0.333. The van der Waals surface area contributed by atoms with Crippen molar-refractivity contribution in [2.75, 3.05) is 30.4 Å². The van der Waals surface area contributed by atoms with E-state index < -0.39 is 0 Å². The largest absolute Gasteiger partial charge is 0.369 e. The van der Waals surface area contributed by atoms with Crippen LogP contribution in [0.5, 0.6) is 0 Å². The average molecular weight is 381 g/mol. The Morgan fingerprint density at radius 1 is 1.29 bits per heavy atom. The summed E-state index contributed by atoms with van der Waals surface area (Å²) in [5.74, 6) is 0.127. The van der Waals surface area contributed by atoms with Crippen molar-refractivity contribution in [3.05, 3.63) is 54.6 Å². The van der Waals surface area contributed by atoms with Crippen molar-refractivity contribution in [1.82, 2.24) is 14.9 Å². The maximum Gasteiger partial charge on any atom is 0.321 e. The summed E-state index contributed by atoms with van der Waals surface area (Å²) >= 11 is 0. The average Bonchev–Trinajstić information content (AvgIpc) is 3.18. The quantitative estimate of drug-likeness (QED) is 0.719. The molecule has 1 fully saturated rings. The number of carbonyl (C=O) groups is 1. The number of nitrogens with one attached hydrogen (secondary N) is 2. The number of urea groups is 1. The molecule has 0 aliphatic carbocycles. The summed E-state index contributed by atoms with van der Waals surface area (Å²) in [6, 6.07) is 9.91. The minimum atomic E-state index is -0.320. The molecule has 0 spiro atoms. The van der Waals surface area contributed by atoms with E-state index in [2.05, 4.69) is 34.2 Å². The minimum Gasteiger partial charge on any atom is -0.369 e. The first-order valence-electron chi connectivity index (χ1n) is 9.49. The van der Waals surface area contributed by atoms with E-state index >= 15 is 0 Å². The highest BCUT2D eigenvalue weighted by molar-refractivity contribution is 5.90. The van der Waals surface area contributed by atoms with Gasteiger partial charge in [0, 0.05) is 55.3 Å². The predicted octanol–water partition coefficient (Wildman–Crippen LogP) is 4.08. The van der Waals surface area contributed by atoms with Crippen LogP contribution in [0.3, 0.4) is 0 Å². The van der Waals surface area contributed by atoms with E-state index in [0.717, 1.165) is 23.1 Å². The standard InChI is InChI=1S/C21H24FN5O/c1-14-9-12-27(21(28)25-16-5-3-15(22)4-6-16)13-19(14)26(2)18-8-11-24-20-17(18)7-10-23-20/h3-8,10-11,14,19H,9,12-13H2,1-2H3,(H,23,24)(H,25,28)/t14-,19+/m1/s1. The summed E-state index contributed by atoms with van der Waals surface area (Å²) in [7, 11) is 2.07. The molecule has 2 N–H and O–H groups in total. The van der Waals surface area contributed by atoms with Gasteiger partial charge in [-0.05, 0) is 48.7 Å². The van der Waals surface area contributed by atoms with Crippen LogP contribution in [-0.2, 0) is 0 Å². The van der Waals surface area contributed by atoms with Crippen LogP contribution in [-0.4, -0.2) is 47.1 Å². The molecule has 2 aromatic heterocycles. The van der Waals surface area contributed by atoms with Crippen molar-refractivity contribution in [2.24, 2.45) is 5.92 Å². The number of nitrogens with zero attached hydrogens (tertiary/aromatic N) is 3. The molecular formula is C21H24FN5O. The van der Waals surface area contributed by atoms with Gasteiger partial charge in [0.1, 0.15) is 11.5 Å². The van der Waals surface area contributed by atoms with Crippen molar-refractivity contribution >= 4 is 28.4 Å². The molecule has 146 valence electrons. The number of pyridine rings is 1. The van der Waals surface area contributed by atoms with Gasteiger partial charge < -0.3 is 20.1 Å². The third-order valence-corrected chi connectivity index (χ3v) is 5.62. The van der Waals surface area contributed by atoms with Crippen LogP contribution in [0.15, 0.2) is 48.8 Å². The molecule has 6 nitrogen and oxygen atoms in total. The molecule has 0 unspecified atom stereocenters. The van der Waals surface area contributed by atoms with Gasteiger partial charge in [-0.3, -0.25) is 0 Å². The van der Waals surface area contributed by atoms with Gasteiger partial charge in [-0.15, -0.1) is 0 Å². The summed E-state index contributed by atoms with van der Waals surface area (Å²) in [6.07, 6.45) is 4.62. The van der Waals surface area contributed by atoms with E-state index in [1.165, 1.54) is 12.1 Å². The SMILES string of the molecule is C[C@@H]1CCN(C(=O)Nc2ccc(F)cc2)C[C@@H]1N(C)c1ccnc2[nH]ccc12. The maximum atomic E-state index is 13.1. The Hall–Kier alpha value is -3.09. The number of carbonyl (C=O) groups excluding carboxylic acids is 1. The van der Waals surface area contributed by atoms with Gasteiger partial charge in [-0.2, -0.15) is 0 Å². The monoisotopic (exact) mass is 381 g/mol. The number of hydrogen-bond donors (Lipinski definition) is 2. The summed E-state index contributed by atoms with van der Waals surface area (Å²) < 4.78 is 13.1. The van der Waals surface area contributed by atoms with E-state index in [1.807, 2.05) is 23.2 Å². The third-order valence-electron chi connectivity index (χ3n) is 5.62. The van der Waals surface area contributed by atoms with Crippen LogP contribution >= 0.6 is 0 Å². The smallest absolute Gasteiger partial charge is 0.321 e. The van der Waals surface area contributed by atoms with Crippen molar-refractivity contribution in [1.29, 1.82) is 0 Å². The van der Waals surface area contributed by atoms with E-state index in [0.29, 0.717) is 24.7 Å². The van der Waals surface area contributed by atoms with Crippen LogP contribution in [0.25, 0.3) is 11.0 Å². The van der Waals surface area contributed by atoms with Crippen LogP contribution in [0, 0.1) is 11.7 Å². The summed E-state index contributed by atoms with van der Waals surface area (Å²) in [5, 5.41) is 3.94. The highest BCUT2D eigenvalue weighted by Crippen LogP contribution is 2.30. The maximum absolute atomic E-state index is 13.1. The van der Waals surface area contributed by atoms with Crippen LogP contribution in [0.1, 0.15) is 13.3 Å². The molecule has 7 heteroatoms. The first-order chi connectivity index (χ1) is 13.5. The lowest BCUT2D eigenvalue weighted by atomic mass is 9.92. The number of benzene rings is 1. The van der Waals surface area contributed by atoms with E-state index in [4.69, 9.17) is 0 Å². The van der Waals surface area contributed by atoms with Crippen molar-refractivity contribution in [3.8, 4) is 0 Å². The van der Waals surface area contributed by atoms with Gasteiger partial charge in [-0.1, -0.05) is 6.92 Å². The van der Waals surface area contributed by atoms with Gasteiger partial charge in [-0.25, -0.2) is 14.2 Å². The molecule has 2 atom stereocenters. The number of aromatic amines is 1. The Labute approximate surface area is 163 Å². The molecule has 0 bridgehead atoms. The van der Waals surface area contributed by atoms with E-state index in [9.17, 15) is 9.18 Å². The zero-order valence-electron chi connectivity index (χ0n) is 16.0. The lowest BCUT2D eigenvalue weighted by Crippen LogP contribution is -2.53. The number of amides is 2. The minimum absolute atomic E-state index is 0.154. The zero-order valence-corrected chi connectivity index (χ0v) is 16.0. The Kier molecular flexibility index (Phi) is 4.90. The molecule has 3 aromatic rings. The van der Waals surface area contributed by atoms with Gasteiger partial charge in [0.15, 0.2) is 0 Å². The van der Waals surface area contributed by atoms with Gasteiger partial charge in [0.25, 0.3) is 0 Å². The number of anilines is 2. The number of piperidine rings is 1. The zero-order chi connectivity index (χ0) is 19.7. The molecule has 28 heavy (non-hydrogen) atoms. The summed E-state index contributed by atoms with van der Waals surface area (Å²) in [6.45, 7) is 3.55. The Balaban J connectivity index is 1.50. The molecule has 1 aromatic carbocycles. The second kappa shape index (κ2) is 7.50. The van der Waals surface area contributed by atoms with Crippen molar-refractivity contribution in [2.45, 2.75) is 19.4 Å². The highest BCUT2D eigenvalue weighted by atomic mass is 19.1. The first kappa shape index (κ1) is 18.3. The number of likely N-dealkylation sites (tertiary alicyclic amines) is 1. The number of rotatable bonds is 3. The molecule has 1 aliphatic heterocycles. The predicted molar refractivity (Wildman–Crippen MR) is 109 cm³/mol. The van der Waals surface area contributed by atoms with Crippen molar-refractivity contribution in [3.63, 3.8) is 0 Å². The molecule has 4 rings (SSSR count). The summed E-state index contributed by atoms with van der Waals surface area (Å²) in [4.78, 5) is 24.3. The molecule has 0 saturated carbocycles. The normalized spacial score (nSPS) is 19.6. The topological polar surface area (TPSA) is 64.3 Å². The van der Waals surface area contributed by atoms with Crippen LogP contribution in [0.2, 0.25) is 0 Å². The van der Waals surface area contributed by atoms with Crippen molar-refractivity contribution < 1.29 is 9.18 Å². The molecule has 0 radical (unpaired) electrons. The molecular weight excluding hydrogens is 357 g/mol. The number of halogens is 1. The lowest BCUT2D eigenvalue weighted by molar-refractivity contribution is 0.172. The van der Waals surface area contributed by atoms with E-state index in [-0.39, 0.29) is 17.9 Å². The number of H-pyrrole nitrogens is 1. The Morgan fingerprint density at radius 2 is 2.07 bits per heavy atom. The molecule has 2 amide bonds. The van der Waals surface area contributed by atoms with Crippen LogP contribution in [0.4, 0.5) is 20.6 Å². The fourth-order valence-corrected chi connectivity index (χ4v) is 3.91. The number of aromatic nitrogens is 2. The molecule has 1 aliphatic rings.